The number of guanidine groups is 1. The van der Waals surface area contributed by atoms with E-state index < -0.39 is 9.84 Å². The summed E-state index contributed by atoms with van der Waals surface area (Å²) in [5.74, 6) is 0.979. The molecule has 152 valence electrons. The van der Waals surface area contributed by atoms with Crippen molar-refractivity contribution >= 4 is 39.8 Å². The first kappa shape index (κ1) is 27.1. The zero-order valence-electron chi connectivity index (χ0n) is 16.6. The minimum absolute atomic E-state index is 0. The quantitative estimate of drug-likeness (QED) is 0.179. The smallest absolute Gasteiger partial charge is 0.191 e. The Morgan fingerprint density at radius 1 is 1.12 bits per heavy atom. The Kier molecular flexibility index (Phi) is 16.3. The Bertz CT molecular complexity index is 454. The van der Waals surface area contributed by atoms with Gasteiger partial charge in [-0.05, 0) is 31.6 Å². The molecule has 0 spiro atoms. The first-order valence-electron chi connectivity index (χ1n) is 8.98. The van der Waals surface area contributed by atoms with E-state index in [1.165, 1.54) is 6.26 Å². The molecule has 0 aromatic heterocycles. The third kappa shape index (κ3) is 18.5. The fourth-order valence-electron chi connectivity index (χ4n) is 1.91. The van der Waals surface area contributed by atoms with Gasteiger partial charge in [0.05, 0.1) is 5.75 Å². The zero-order valence-corrected chi connectivity index (χ0v) is 19.7. The maximum atomic E-state index is 11.3. The third-order valence-electron chi connectivity index (χ3n) is 3.56. The molecule has 8 heteroatoms. The standard InChI is InChI=1S/C17H37N3O3S.HI/c1-6-8-12-23-13-9-11-19-16(18-7-2)20-15-17(3,4)10-14-24(5,21)22;/h6-15H2,1-5H3,(H2,18,19,20);1H. The maximum absolute atomic E-state index is 11.3. The lowest BCUT2D eigenvalue weighted by Crippen LogP contribution is -2.39. The molecule has 0 aliphatic heterocycles. The van der Waals surface area contributed by atoms with Crippen molar-refractivity contribution in [3.05, 3.63) is 0 Å². The van der Waals surface area contributed by atoms with Gasteiger partial charge in [0, 0.05) is 39.1 Å². The molecule has 0 aliphatic carbocycles. The molecular formula is C17H38IN3O3S. The minimum atomic E-state index is -2.93. The van der Waals surface area contributed by atoms with Crippen LogP contribution in [0.5, 0.6) is 0 Å². The molecule has 0 saturated heterocycles. The van der Waals surface area contributed by atoms with Crippen molar-refractivity contribution < 1.29 is 13.2 Å². The van der Waals surface area contributed by atoms with Gasteiger partial charge in [-0.2, -0.15) is 0 Å². The molecule has 0 bridgehead atoms. The number of nitrogens with one attached hydrogen (secondary N) is 2. The molecule has 2 N–H and O–H groups in total. The number of hydrogen-bond donors (Lipinski definition) is 2. The lowest BCUT2D eigenvalue weighted by Gasteiger charge is -2.22. The van der Waals surface area contributed by atoms with E-state index in [1.54, 1.807) is 0 Å². The van der Waals surface area contributed by atoms with E-state index in [4.69, 9.17) is 4.74 Å². The van der Waals surface area contributed by atoms with Crippen molar-refractivity contribution in [3.8, 4) is 0 Å². The van der Waals surface area contributed by atoms with E-state index in [0.717, 1.165) is 51.5 Å². The number of rotatable bonds is 13. The molecule has 0 saturated carbocycles. The molecule has 0 radical (unpaired) electrons. The highest BCUT2D eigenvalue weighted by atomic mass is 127. The molecule has 0 heterocycles. The summed E-state index contributed by atoms with van der Waals surface area (Å²) in [6, 6.07) is 0. The summed E-state index contributed by atoms with van der Waals surface area (Å²) in [6.07, 6.45) is 5.09. The van der Waals surface area contributed by atoms with Gasteiger partial charge in [-0.1, -0.05) is 27.2 Å². The summed E-state index contributed by atoms with van der Waals surface area (Å²) in [4.78, 5) is 4.59. The first-order valence-corrected chi connectivity index (χ1v) is 11.0. The Labute approximate surface area is 171 Å². The predicted octanol–water partition coefficient (Wildman–Crippen LogP) is 2.83. The molecule has 0 rings (SSSR count). The van der Waals surface area contributed by atoms with E-state index in [0.29, 0.717) is 13.0 Å². The monoisotopic (exact) mass is 491 g/mol. The van der Waals surface area contributed by atoms with Crippen molar-refractivity contribution in [1.82, 2.24) is 10.6 Å². The van der Waals surface area contributed by atoms with E-state index in [2.05, 4.69) is 22.5 Å². The van der Waals surface area contributed by atoms with Crippen LogP contribution in [0, 0.1) is 5.41 Å². The molecule has 6 nitrogen and oxygen atoms in total. The van der Waals surface area contributed by atoms with Gasteiger partial charge in [-0.3, -0.25) is 4.99 Å². The number of aliphatic imine (C=N–C) groups is 1. The summed E-state index contributed by atoms with van der Waals surface area (Å²) >= 11 is 0. The molecule has 0 aliphatic rings. The summed E-state index contributed by atoms with van der Waals surface area (Å²) in [7, 11) is -2.93. The summed E-state index contributed by atoms with van der Waals surface area (Å²) in [5.41, 5.74) is -0.144. The predicted molar refractivity (Wildman–Crippen MR) is 118 cm³/mol. The van der Waals surface area contributed by atoms with E-state index in [1.807, 2.05) is 20.8 Å². The van der Waals surface area contributed by atoms with Crippen molar-refractivity contribution in [3.63, 3.8) is 0 Å². The average Bonchev–Trinajstić information content (AvgIpc) is 2.49. The Balaban J connectivity index is 0. The van der Waals surface area contributed by atoms with Crippen LogP contribution in [0.3, 0.4) is 0 Å². The van der Waals surface area contributed by atoms with Crippen LogP contribution >= 0.6 is 24.0 Å². The van der Waals surface area contributed by atoms with E-state index in [9.17, 15) is 8.42 Å². The average molecular weight is 491 g/mol. The summed E-state index contributed by atoms with van der Waals surface area (Å²) < 4.78 is 28.2. The molecule has 0 aromatic rings. The molecule has 0 fully saturated rings. The summed E-state index contributed by atoms with van der Waals surface area (Å²) in [5, 5.41) is 6.52. The maximum Gasteiger partial charge on any atom is 0.191 e. The van der Waals surface area contributed by atoms with Crippen LogP contribution in [0.1, 0.15) is 53.4 Å². The SMILES string of the molecule is CCCCOCCCNC(=NCC(C)(C)CCS(C)(=O)=O)NCC.I. The van der Waals surface area contributed by atoms with E-state index in [-0.39, 0.29) is 35.1 Å². The molecular weight excluding hydrogens is 453 g/mol. The fraction of sp³-hybridized carbons (Fsp3) is 0.941. The van der Waals surface area contributed by atoms with Crippen molar-refractivity contribution in [2.75, 3.05) is 44.9 Å². The zero-order chi connectivity index (χ0) is 18.5. The van der Waals surface area contributed by atoms with Crippen molar-refractivity contribution in [1.29, 1.82) is 0 Å². The molecule has 25 heavy (non-hydrogen) atoms. The number of ether oxygens (including phenoxy) is 1. The van der Waals surface area contributed by atoms with Crippen LogP contribution < -0.4 is 10.6 Å². The lowest BCUT2D eigenvalue weighted by atomic mass is 9.90. The topological polar surface area (TPSA) is 79.8 Å². The van der Waals surface area contributed by atoms with Crippen LogP contribution in [-0.4, -0.2) is 59.2 Å². The highest BCUT2D eigenvalue weighted by molar-refractivity contribution is 14.0. The van der Waals surface area contributed by atoms with Gasteiger partial charge in [0.25, 0.3) is 0 Å². The van der Waals surface area contributed by atoms with Gasteiger partial charge in [-0.15, -0.1) is 24.0 Å². The third-order valence-corrected chi connectivity index (χ3v) is 4.50. The highest BCUT2D eigenvalue weighted by Crippen LogP contribution is 2.21. The molecule has 0 aromatic carbocycles. The second kappa shape index (κ2) is 15.0. The highest BCUT2D eigenvalue weighted by Gasteiger charge is 2.20. The van der Waals surface area contributed by atoms with Crippen molar-refractivity contribution in [2.45, 2.75) is 53.4 Å². The Morgan fingerprint density at radius 2 is 1.76 bits per heavy atom. The van der Waals surface area contributed by atoms with Gasteiger partial charge >= 0.3 is 0 Å². The largest absolute Gasteiger partial charge is 0.381 e. The van der Waals surface area contributed by atoms with Gasteiger partial charge in [-0.25, -0.2) is 8.42 Å². The molecule has 0 amide bonds. The van der Waals surface area contributed by atoms with Crippen LogP contribution in [0.2, 0.25) is 0 Å². The van der Waals surface area contributed by atoms with Gasteiger partial charge < -0.3 is 15.4 Å². The normalized spacial score (nSPS) is 12.6. The first-order chi connectivity index (χ1) is 11.2. The Hall–Kier alpha value is -0.0900. The second-order valence-electron chi connectivity index (χ2n) is 6.99. The Morgan fingerprint density at radius 3 is 2.32 bits per heavy atom. The van der Waals surface area contributed by atoms with E-state index >= 15 is 0 Å². The van der Waals surface area contributed by atoms with Gasteiger partial charge in [0.15, 0.2) is 5.96 Å². The number of sulfone groups is 1. The van der Waals surface area contributed by atoms with Gasteiger partial charge in [0.2, 0.25) is 0 Å². The molecule has 0 atom stereocenters. The van der Waals surface area contributed by atoms with Gasteiger partial charge in [0.1, 0.15) is 9.84 Å². The number of hydrogen-bond acceptors (Lipinski definition) is 4. The number of halogens is 1. The fourth-order valence-corrected chi connectivity index (χ4v) is 2.83. The second-order valence-corrected chi connectivity index (χ2v) is 9.25. The number of unbranched alkanes of at least 4 members (excludes halogenated alkanes) is 1. The van der Waals surface area contributed by atoms with Crippen LogP contribution in [-0.2, 0) is 14.6 Å². The summed E-state index contributed by atoms with van der Waals surface area (Å²) in [6.45, 7) is 12.1. The van der Waals surface area contributed by atoms with Crippen molar-refractivity contribution in [2.24, 2.45) is 10.4 Å². The molecule has 0 unspecified atom stereocenters. The number of nitrogens with zero attached hydrogens (tertiary/aromatic N) is 1. The van der Waals surface area contributed by atoms with Crippen LogP contribution in [0.25, 0.3) is 0 Å². The lowest BCUT2D eigenvalue weighted by molar-refractivity contribution is 0.129. The van der Waals surface area contributed by atoms with Crippen LogP contribution in [0.15, 0.2) is 4.99 Å². The minimum Gasteiger partial charge on any atom is -0.381 e. The van der Waals surface area contributed by atoms with Crippen LogP contribution in [0.4, 0.5) is 0 Å².